The molecule has 1 aromatic heterocycles. The van der Waals surface area contributed by atoms with Crippen molar-refractivity contribution in [2.24, 2.45) is 5.16 Å². The Hall–Kier alpha value is -1.89. The van der Waals surface area contributed by atoms with E-state index in [1.54, 1.807) is 0 Å². The van der Waals surface area contributed by atoms with Crippen LogP contribution in [0.2, 0.25) is 0 Å². The fourth-order valence-electron chi connectivity index (χ4n) is 2.77. The van der Waals surface area contributed by atoms with Gasteiger partial charge in [-0.1, -0.05) is 5.16 Å². The molecule has 3 rings (SSSR count). The van der Waals surface area contributed by atoms with Crippen LogP contribution in [0, 0.1) is 6.92 Å². The van der Waals surface area contributed by atoms with Crippen LogP contribution < -0.4 is 5.32 Å². The fraction of sp³-hybridized carbons (Fsp3) is 0.667. The van der Waals surface area contributed by atoms with E-state index >= 15 is 0 Å². The van der Waals surface area contributed by atoms with Crippen LogP contribution in [-0.2, 0) is 20.9 Å². The van der Waals surface area contributed by atoms with Gasteiger partial charge in [0.05, 0.1) is 17.5 Å². The van der Waals surface area contributed by atoms with E-state index in [1.807, 2.05) is 24.7 Å². The third-order valence-electron chi connectivity index (χ3n) is 4.07. The van der Waals surface area contributed by atoms with E-state index in [1.165, 1.54) is 0 Å². The number of amides is 1. The van der Waals surface area contributed by atoms with E-state index in [4.69, 9.17) is 9.57 Å². The van der Waals surface area contributed by atoms with Crippen LogP contribution >= 0.6 is 0 Å². The molecule has 0 spiro atoms. The predicted molar refractivity (Wildman–Crippen MR) is 80.6 cm³/mol. The van der Waals surface area contributed by atoms with Crippen LogP contribution in [0.1, 0.15) is 37.4 Å². The number of hydrogen-bond acceptors (Lipinski definition) is 5. The van der Waals surface area contributed by atoms with E-state index in [-0.39, 0.29) is 12.0 Å². The molecule has 1 amide bonds. The SMILES string of the molecule is CCn1cc(C2=NO[C@@H](C(=O)NC[C@H]3CCCO3)C2)c(C)n1. The minimum atomic E-state index is -0.555. The number of rotatable bonds is 5. The topological polar surface area (TPSA) is 77.7 Å². The lowest BCUT2D eigenvalue weighted by molar-refractivity contribution is -0.131. The molecule has 120 valence electrons. The van der Waals surface area contributed by atoms with Gasteiger partial charge in [-0.2, -0.15) is 5.10 Å². The number of aromatic nitrogens is 2. The van der Waals surface area contributed by atoms with Gasteiger partial charge in [0.1, 0.15) is 0 Å². The van der Waals surface area contributed by atoms with Gasteiger partial charge < -0.3 is 14.9 Å². The Morgan fingerprint density at radius 3 is 3.09 bits per heavy atom. The first-order valence-electron chi connectivity index (χ1n) is 7.83. The number of carbonyl (C=O) groups excluding carboxylic acids is 1. The first-order valence-corrected chi connectivity index (χ1v) is 7.83. The van der Waals surface area contributed by atoms with Gasteiger partial charge in [-0.15, -0.1) is 0 Å². The van der Waals surface area contributed by atoms with Gasteiger partial charge in [-0.3, -0.25) is 9.48 Å². The number of hydrogen-bond donors (Lipinski definition) is 1. The minimum absolute atomic E-state index is 0.130. The molecule has 7 heteroatoms. The Morgan fingerprint density at radius 1 is 1.55 bits per heavy atom. The maximum atomic E-state index is 12.1. The van der Waals surface area contributed by atoms with Crippen LogP contribution in [0.15, 0.2) is 11.4 Å². The van der Waals surface area contributed by atoms with Gasteiger partial charge in [0.15, 0.2) is 0 Å². The molecule has 0 unspecified atom stereocenters. The molecular weight excluding hydrogens is 284 g/mol. The molecular formula is C15H22N4O3. The summed E-state index contributed by atoms with van der Waals surface area (Å²) in [7, 11) is 0. The smallest absolute Gasteiger partial charge is 0.264 e. The van der Waals surface area contributed by atoms with Crippen molar-refractivity contribution in [2.75, 3.05) is 13.2 Å². The number of nitrogens with one attached hydrogen (secondary N) is 1. The Balaban J connectivity index is 1.54. The summed E-state index contributed by atoms with van der Waals surface area (Å²) < 4.78 is 7.35. The van der Waals surface area contributed by atoms with Crippen molar-refractivity contribution >= 4 is 11.6 Å². The highest BCUT2D eigenvalue weighted by molar-refractivity contribution is 6.04. The summed E-state index contributed by atoms with van der Waals surface area (Å²) in [5.41, 5.74) is 2.65. The highest BCUT2D eigenvalue weighted by Gasteiger charge is 2.30. The Kier molecular flexibility index (Phi) is 4.42. The predicted octanol–water partition coefficient (Wildman–Crippen LogP) is 1.000. The molecule has 0 radical (unpaired) electrons. The van der Waals surface area contributed by atoms with Crippen LogP contribution in [0.4, 0.5) is 0 Å². The van der Waals surface area contributed by atoms with Crippen molar-refractivity contribution in [3.05, 3.63) is 17.5 Å². The first-order chi connectivity index (χ1) is 10.7. The maximum absolute atomic E-state index is 12.1. The molecule has 1 saturated heterocycles. The number of carbonyl (C=O) groups is 1. The van der Waals surface area contributed by atoms with Gasteiger partial charge in [0.25, 0.3) is 5.91 Å². The summed E-state index contributed by atoms with van der Waals surface area (Å²) in [6.07, 6.45) is 4.08. The molecule has 2 aliphatic heterocycles. The molecule has 7 nitrogen and oxygen atoms in total. The van der Waals surface area contributed by atoms with Crippen molar-refractivity contribution in [3.63, 3.8) is 0 Å². The standard InChI is InChI=1S/C15H22N4O3/c1-3-19-9-12(10(2)17-19)13-7-14(22-18-13)15(20)16-8-11-5-4-6-21-11/h9,11,14H,3-8H2,1-2H3,(H,16,20)/t11-,14-/m1/s1. The van der Waals surface area contributed by atoms with E-state index in [9.17, 15) is 4.79 Å². The highest BCUT2D eigenvalue weighted by atomic mass is 16.6. The molecule has 1 aromatic rings. The van der Waals surface area contributed by atoms with E-state index in [0.29, 0.717) is 13.0 Å². The van der Waals surface area contributed by atoms with Crippen LogP contribution in [0.25, 0.3) is 0 Å². The molecule has 3 heterocycles. The third-order valence-corrected chi connectivity index (χ3v) is 4.07. The third kappa shape index (κ3) is 3.14. The second kappa shape index (κ2) is 6.48. The summed E-state index contributed by atoms with van der Waals surface area (Å²) in [6.45, 7) is 6.11. The molecule has 0 aromatic carbocycles. The lowest BCUT2D eigenvalue weighted by Gasteiger charge is -2.13. The van der Waals surface area contributed by atoms with Gasteiger partial charge in [-0.25, -0.2) is 0 Å². The zero-order chi connectivity index (χ0) is 15.5. The quantitative estimate of drug-likeness (QED) is 0.880. The van der Waals surface area contributed by atoms with Crippen LogP contribution in [0.3, 0.4) is 0 Å². The average Bonchev–Trinajstić information content (AvgIpc) is 3.24. The molecule has 0 bridgehead atoms. The summed E-state index contributed by atoms with van der Waals surface area (Å²) >= 11 is 0. The number of oxime groups is 1. The van der Waals surface area contributed by atoms with Gasteiger partial charge in [-0.05, 0) is 26.7 Å². The maximum Gasteiger partial charge on any atom is 0.264 e. The minimum Gasteiger partial charge on any atom is -0.382 e. The zero-order valence-corrected chi connectivity index (χ0v) is 13.0. The largest absolute Gasteiger partial charge is 0.382 e. The lowest BCUT2D eigenvalue weighted by Crippen LogP contribution is -2.39. The van der Waals surface area contributed by atoms with Gasteiger partial charge in [0, 0.05) is 37.9 Å². The highest BCUT2D eigenvalue weighted by Crippen LogP contribution is 2.19. The Labute approximate surface area is 129 Å². The second-order valence-electron chi connectivity index (χ2n) is 5.70. The molecule has 2 atom stereocenters. The van der Waals surface area contributed by atoms with Crippen molar-refractivity contribution in [1.29, 1.82) is 0 Å². The fourth-order valence-corrected chi connectivity index (χ4v) is 2.77. The van der Waals surface area contributed by atoms with Gasteiger partial charge >= 0.3 is 0 Å². The van der Waals surface area contributed by atoms with E-state index in [0.717, 1.165) is 43.0 Å². The second-order valence-corrected chi connectivity index (χ2v) is 5.70. The molecule has 0 saturated carbocycles. The van der Waals surface area contributed by atoms with Crippen LogP contribution in [-0.4, -0.2) is 46.8 Å². The molecule has 22 heavy (non-hydrogen) atoms. The summed E-state index contributed by atoms with van der Waals surface area (Å²) in [4.78, 5) is 17.4. The van der Waals surface area contributed by atoms with Crippen LogP contribution in [0.5, 0.6) is 0 Å². The monoisotopic (exact) mass is 306 g/mol. The van der Waals surface area contributed by atoms with Crippen molar-refractivity contribution in [1.82, 2.24) is 15.1 Å². The normalized spacial score (nSPS) is 24.2. The van der Waals surface area contributed by atoms with Crippen molar-refractivity contribution in [3.8, 4) is 0 Å². The summed E-state index contributed by atoms with van der Waals surface area (Å²) in [5, 5.41) is 11.3. The average molecular weight is 306 g/mol. The molecule has 1 N–H and O–H groups in total. The van der Waals surface area contributed by atoms with Crippen molar-refractivity contribution in [2.45, 2.75) is 51.9 Å². The van der Waals surface area contributed by atoms with Crippen molar-refractivity contribution < 1.29 is 14.4 Å². The molecule has 2 aliphatic rings. The van der Waals surface area contributed by atoms with Gasteiger partial charge in [0.2, 0.25) is 6.10 Å². The van der Waals surface area contributed by atoms with E-state index < -0.39 is 6.10 Å². The van der Waals surface area contributed by atoms with E-state index in [2.05, 4.69) is 15.6 Å². The zero-order valence-electron chi connectivity index (χ0n) is 13.0. The summed E-state index contributed by atoms with van der Waals surface area (Å²) in [5.74, 6) is -0.130. The lowest BCUT2D eigenvalue weighted by atomic mass is 10.1. The molecule has 1 fully saturated rings. The molecule has 0 aliphatic carbocycles. The number of nitrogens with zero attached hydrogens (tertiary/aromatic N) is 3. The Bertz CT molecular complexity index is 575. The Morgan fingerprint density at radius 2 is 2.41 bits per heavy atom. The number of ether oxygens (including phenoxy) is 1. The number of aryl methyl sites for hydroxylation is 2. The first kappa shape index (κ1) is 15.0. The summed E-state index contributed by atoms with van der Waals surface area (Å²) in [6, 6.07) is 0.